The molecule has 5 nitrogen and oxygen atoms in total. The molecule has 0 saturated carbocycles. The lowest BCUT2D eigenvalue weighted by atomic mass is 10.2. The summed E-state index contributed by atoms with van der Waals surface area (Å²) < 4.78 is 15.8. The van der Waals surface area contributed by atoms with Crippen LogP contribution in [0.15, 0.2) is 42.4 Å². The van der Waals surface area contributed by atoms with Crippen molar-refractivity contribution in [3.63, 3.8) is 0 Å². The van der Waals surface area contributed by atoms with Gasteiger partial charge < -0.3 is 9.88 Å². The number of benzene rings is 1. The molecule has 0 bridgehead atoms. The first kappa shape index (κ1) is 14.3. The van der Waals surface area contributed by atoms with Crippen molar-refractivity contribution in [3.8, 4) is 17.8 Å². The average molecular weight is 281 g/mol. The zero-order valence-electron chi connectivity index (χ0n) is 11.3. The fourth-order valence-corrected chi connectivity index (χ4v) is 1.85. The van der Waals surface area contributed by atoms with Crippen LogP contribution in [0.2, 0.25) is 0 Å². The fourth-order valence-electron chi connectivity index (χ4n) is 1.85. The number of halogens is 1. The van der Waals surface area contributed by atoms with E-state index in [1.807, 2.05) is 0 Å². The number of nitriles is 2. The summed E-state index contributed by atoms with van der Waals surface area (Å²) >= 11 is 0. The molecule has 1 N–H and O–H groups in total. The van der Waals surface area contributed by atoms with E-state index in [4.69, 9.17) is 10.5 Å². The maximum atomic E-state index is 14.1. The van der Waals surface area contributed by atoms with Crippen molar-refractivity contribution in [1.82, 2.24) is 14.9 Å². The minimum Gasteiger partial charge on any atom is -0.385 e. The molecule has 1 heterocycles. The molecule has 2 aromatic rings. The molecule has 0 aliphatic heterocycles. The topological polar surface area (TPSA) is 77.4 Å². The second-order valence-corrected chi connectivity index (χ2v) is 4.29. The van der Waals surface area contributed by atoms with Gasteiger partial charge in [0.1, 0.15) is 29.4 Å². The Morgan fingerprint density at radius 1 is 1.43 bits per heavy atom. The summed E-state index contributed by atoms with van der Waals surface area (Å²) in [5.41, 5.74) is 1.11. The third-order valence-corrected chi connectivity index (χ3v) is 2.89. The Labute approximate surface area is 121 Å². The maximum Gasteiger partial charge on any atom is 0.147 e. The highest BCUT2D eigenvalue weighted by atomic mass is 19.1. The minimum absolute atomic E-state index is 0.0267. The van der Waals surface area contributed by atoms with Crippen LogP contribution in [0.1, 0.15) is 11.4 Å². The van der Waals surface area contributed by atoms with Crippen LogP contribution in [-0.2, 0) is 6.54 Å². The summed E-state index contributed by atoms with van der Waals surface area (Å²) in [5.74, 6) is 0.343. The van der Waals surface area contributed by atoms with Gasteiger partial charge in [0.15, 0.2) is 0 Å². The van der Waals surface area contributed by atoms with Gasteiger partial charge in [0, 0.05) is 25.1 Å². The molecule has 21 heavy (non-hydrogen) atoms. The lowest BCUT2D eigenvalue weighted by molar-refractivity contribution is 0.613. The van der Waals surface area contributed by atoms with E-state index in [1.54, 1.807) is 48.2 Å². The van der Waals surface area contributed by atoms with Crippen LogP contribution in [0.4, 0.5) is 4.39 Å². The van der Waals surface area contributed by atoms with Gasteiger partial charge in [-0.1, -0.05) is 6.07 Å². The van der Waals surface area contributed by atoms with E-state index in [1.165, 1.54) is 12.3 Å². The highest BCUT2D eigenvalue weighted by Crippen LogP contribution is 2.16. The molecule has 1 aromatic carbocycles. The van der Waals surface area contributed by atoms with E-state index in [9.17, 15) is 4.39 Å². The Hall–Kier alpha value is -3.12. The van der Waals surface area contributed by atoms with Crippen LogP contribution in [0.3, 0.4) is 0 Å². The first-order valence-corrected chi connectivity index (χ1v) is 6.18. The average Bonchev–Trinajstić information content (AvgIpc) is 2.90. The van der Waals surface area contributed by atoms with Gasteiger partial charge in [0.05, 0.1) is 5.69 Å². The molecule has 2 rings (SSSR count). The Bertz CT molecular complexity index is 745. The summed E-state index contributed by atoms with van der Waals surface area (Å²) in [5, 5.41) is 20.0. The smallest absolute Gasteiger partial charge is 0.147 e. The van der Waals surface area contributed by atoms with Gasteiger partial charge in [-0.2, -0.15) is 10.5 Å². The van der Waals surface area contributed by atoms with Gasteiger partial charge in [-0.25, -0.2) is 9.37 Å². The molecule has 0 atom stereocenters. The fraction of sp³-hybridized carbons (Fsp3) is 0.133. The van der Waals surface area contributed by atoms with Crippen molar-refractivity contribution in [2.75, 3.05) is 0 Å². The predicted octanol–water partition coefficient (Wildman–Crippen LogP) is 2.34. The lowest BCUT2D eigenvalue weighted by Crippen LogP contribution is -2.07. The van der Waals surface area contributed by atoms with Crippen LogP contribution in [0, 0.1) is 35.4 Å². The number of rotatable bonds is 4. The van der Waals surface area contributed by atoms with Crippen LogP contribution in [-0.4, -0.2) is 9.55 Å². The third-order valence-electron chi connectivity index (χ3n) is 2.89. The number of allylic oxidation sites excluding steroid dienone is 1. The number of imidazole rings is 1. The Morgan fingerprint density at radius 3 is 2.76 bits per heavy atom. The third kappa shape index (κ3) is 3.26. The second kappa shape index (κ2) is 6.36. The number of hydrogen-bond donors (Lipinski definition) is 1. The number of nitrogens with zero attached hydrogens (tertiary/aromatic N) is 4. The first-order valence-electron chi connectivity index (χ1n) is 6.18. The first-order chi connectivity index (χ1) is 10.2. The summed E-state index contributed by atoms with van der Waals surface area (Å²) in [6, 6.07) is 8.33. The Balaban J connectivity index is 2.14. The summed E-state index contributed by atoms with van der Waals surface area (Å²) in [7, 11) is 0. The Morgan fingerprint density at radius 2 is 2.19 bits per heavy atom. The van der Waals surface area contributed by atoms with Gasteiger partial charge in [-0.15, -0.1) is 0 Å². The van der Waals surface area contributed by atoms with Crippen LogP contribution < -0.4 is 5.32 Å². The van der Waals surface area contributed by atoms with Crippen molar-refractivity contribution in [3.05, 3.63) is 59.6 Å². The van der Waals surface area contributed by atoms with E-state index in [0.717, 1.165) is 0 Å². The molecule has 6 heteroatoms. The van der Waals surface area contributed by atoms with Crippen LogP contribution >= 0.6 is 0 Å². The molecular formula is C15H12FN5. The van der Waals surface area contributed by atoms with Gasteiger partial charge in [-0.3, -0.25) is 0 Å². The number of nitrogens with one attached hydrogen (secondary N) is 1. The number of hydrogen-bond acceptors (Lipinski definition) is 4. The number of aryl methyl sites for hydroxylation is 1. The van der Waals surface area contributed by atoms with Crippen molar-refractivity contribution in [1.29, 1.82) is 10.5 Å². The van der Waals surface area contributed by atoms with Gasteiger partial charge >= 0.3 is 0 Å². The van der Waals surface area contributed by atoms with E-state index in [-0.39, 0.29) is 11.4 Å². The van der Waals surface area contributed by atoms with Crippen LogP contribution in [0.5, 0.6) is 0 Å². The van der Waals surface area contributed by atoms with E-state index >= 15 is 0 Å². The molecule has 0 unspecified atom stereocenters. The van der Waals surface area contributed by atoms with Crippen molar-refractivity contribution >= 4 is 0 Å². The Kier molecular flexibility index (Phi) is 4.33. The molecule has 104 valence electrons. The van der Waals surface area contributed by atoms with E-state index in [0.29, 0.717) is 23.6 Å². The molecular weight excluding hydrogens is 269 g/mol. The number of aromatic nitrogens is 2. The van der Waals surface area contributed by atoms with Gasteiger partial charge in [0.25, 0.3) is 0 Å². The highest BCUT2D eigenvalue weighted by molar-refractivity contribution is 5.38. The zero-order valence-corrected chi connectivity index (χ0v) is 11.3. The molecule has 0 fully saturated rings. The van der Waals surface area contributed by atoms with Crippen LogP contribution in [0.25, 0.3) is 5.69 Å². The zero-order chi connectivity index (χ0) is 15.2. The highest BCUT2D eigenvalue weighted by Gasteiger charge is 2.07. The molecule has 0 aliphatic carbocycles. The molecule has 0 aliphatic rings. The second-order valence-electron chi connectivity index (χ2n) is 4.29. The molecule has 1 aromatic heterocycles. The quantitative estimate of drug-likeness (QED) is 0.872. The summed E-state index contributed by atoms with van der Waals surface area (Å²) in [4.78, 5) is 4.06. The van der Waals surface area contributed by atoms with E-state index in [2.05, 4.69) is 10.3 Å². The minimum atomic E-state index is -0.361. The summed E-state index contributed by atoms with van der Waals surface area (Å²) in [6.45, 7) is 2.12. The lowest BCUT2D eigenvalue weighted by Gasteiger charge is -2.08. The normalized spacial score (nSPS) is 9.52. The van der Waals surface area contributed by atoms with Gasteiger partial charge in [-0.05, 0) is 24.6 Å². The largest absolute Gasteiger partial charge is 0.385 e. The van der Waals surface area contributed by atoms with Crippen molar-refractivity contribution in [2.24, 2.45) is 0 Å². The molecule has 0 amide bonds. The predicted molar refractivity (Wildman–Crippen MR) is 74.4 cm³/mol. The molecule has 0 spiro atoms. The SMILES string of the molecule is Cc1nccn1-c1ccc(CNC=C(C#N)C#N)cc1F. The van der Waals surface area contributed by atoms with Gasteiger partial charge in [0.2, 0.25) is 0 Å². The maximum absolute atomic E-state index is 14.1. The molecule has 0 radical (unpaired) electrons. The van der Waals surface area contributed by atoms with Crippen molar-refractivity contribution < 1.29 is 4.39 Å². The van der Waals surface area contributed by atoms with E-state index < -0.39 is 0 Å². The molecule has 0 saturated heterocycles. The summed E-state index contributed by atoms with van der Waals surface area (Å²) in [6.07, 6.45) is 4.62. The van der Waals surface area contributed by atoms with Crippen molar-refractivity contribution in [2.45, 2.75) is 13.5 Å². The monoisotopic (exact) mass is 281 g/mol. The standard InChI is InChI=1S/C15H12FN5/c1-11-20-4-5-21(11)15-3-2-12(6-14(15)16)9-19-10-13(7-17)8-18/h2-6,10,19H,9H2,1H3.